The molecule has 0 bridgehead atoms. The number of anilines is 1. The molecule has 26 heavy (non-hydrogen) atoms. The van der Waals surface area contributed by atoms with Gasteiger partial charge in [0, 0.05) is 32.4 Å². The van der Waals surface area contributed by atoms with Gasteiger partial charge in [-0.15, -0.1) is 0 Å². The summed E-state index contributed by atoms with van der Waals surface area (Å²) in [4.78, 5) is 21.6. The van der Waals surface area contributed by atoms with Crippen molar-refractivity contribution in [3.63, 3.8) is 0 Å². The highest BCUT2D eigenvalue weighted by Crippen LogP contribution is 2.34. The molecule has 1 fully saturated rings. The Kier molecular flexibility index (Phi) is 4.65. The minimum Gasteiger partial charge on any atom is -0.486 e. The number of amides is 1. The average Bonchev–Trinajstić information content (AvgIpc) is 2.73. The molecule has 1 atom stereocenters. The van der Waals surface area contributed by atoms with E-state index in [1.807, 2.05) is 48.3 Å². The molecule has 136 valence electrons. The zero-order chi connectivity index (χ0) is 17.9. The molecule has 0 N–H and O–H groups in total. The van der Waals surface area contributed by atoms with Crippen LogP contribution in [-0.2, 0) is 0 Å². The molecule has 1 aromatic carbocycles. The second-order valence-corrected chi connectivity index (χ2v) is 6.68. The van der Waals surface area contributed by atoms with E-state index in [1.165, 1.54) is 0 Å². The predicted molar refractivity (Wildman–Crippen MR) is 99.0 cm³/mol. The van der Waals surface area contributed by atoms with Crippen molar-refractivity contribution in [1.82, 2.24) is 9.88 Å². The van der Waals surface area contributed by atoms with Gasteiger partial charge in [-0.2, -0.15) is 0 Å². The summed E-state index contributed by atoms with van der Waals surface area (Å²) < 4.78 is 11.3. The normalized spacial score (nSPS) is 19.1. The van der Waals surface area contributed by atoms with Crippen LogP contribution < -0.4 is 14.4 Å². The summed E-state index contributed by atoms with van der Waals surface area (Å²) in [7, 11) is 1.87. The summed E-state index contributed by atoms with van der Waals surface area (Å²) in [5.74, 6) is 2.15. The minimum absolute atomic E-state index is 0.0276. The molecule has 2 aliphatic heterocycles. The van der Waals surface area contributed by atoms with Crippen molar-refractivity contribution >= 4 is 11.7 Å². The molecule has 1 unspecified atom stereocenters. The van der Waals surface area contributed by atoms with E-state index in [0.29, 0.717) is 30.3 Å². The first kappa shape index (κ1) is 16.7. The van der Waals surface area contributed by atoms with Crippen LogP contribution in [-0.4, -0.2) is 55.2 Å². The molecule has 4 rings (SSSR count). The lowest BCUT2D eigenvalue weighted by atomic mass is 10.0. The SMILES string of the molecule is CN(C(=O)c1cccc2c1OCCO2)C1CCCN(c2ccccn2)C1. The van der Waals surface area contributed by atoms with Crippen molar-refractivity contribution in [1.29, 1.82) is 0 Å². The number of rotatable bonds is 3. The number of hydrogen-bond donors (Lipinski definition) is 0. The summed E-state index contributed by atoms with van der Waals surface area (Å²) >= 11 is 0. The minimum atomic E-state index is -0.0276. The lowest BCUT2D eigenvalue weighted by Gasteiger charge is -2.38. The molecule has 2 aliphatic rings. The zero-order valence-electron chi connectivity index (χ0n) is 14.9. The van der Waals surface area contributed by atoms with Crippen molar-refractivity contribution < 1.29 is 14.3 Å². The van der Waals surface area contributed by atoms with E-state index in [-0.39, 0.29) is 11.9 Å². The highest BCUT2D eigenvalue weighted by atomic mass is 16.6. The van der Waals surface area contributed by atoms with Gasteiger partial charge in [0.05, 0.1) is 5.56 Å². The first-order valence-corrected chi connectivity index (χ1v) is 9.06. The molecule has 1 amide bonds. The van der Waals surface area contributed by atoms with Gasteiger partial charge in [0.2, 0.25) is 0 Å². The maximum Gasteiger partial charge on any atom is 0.257 e. The van der Waals surface area contributed by atoms with E-state index in [1.54, 1.807) is 6.20 Å². The Balaban J connectivity index is 1.52. The van der Waals surface area contributed by atoms with Gasteiger partial charge < -0.3 is 19.3 Å². The highest BCUT2D eigenvalue weighted by molar-refractivity contribution is 5.98. The predicted octanol–water partition coefficient (Wildman–Crippen LogP) is 2.59. The topological polar surface area (TPSA) is 54.9 Å². The van der Waals surface area contributed by atoms with Crippen molar-refractivity contribution in [2.75, 3.05) is 38.3 Å². The van der Waals surface area contributed by atoms with Crippen LogP contribution >= 0.6 is 0 Å². The number of para-hydroxylation sites is 1. The van der Waals surface area contributed by atoms with Crippen LogP contribution in [0.1, 0.15) is 23.2 Å². The number of fused-ring (bicyclic) bond motifs is 1. The molecule has 1 saturated heterocycles. The largest absolute Gasteiger partial charge is 0.486 e. The van der Waals surface area contributed by atoms with E-state index in [9.17, 15) is 4.79 Å². The quantitative estimate of drug-likeness (QED) is 0.849. The fourth-order valence-electron chi connectivity index (χ4n) is 3.62. The third-order valence-electron chi connectivity index (χ3n) is 5.03. The monoisotopic (exact) mass is 353 g/mol. The molecule has 0 aliphatic carbocycles. The molecular formula is C20H23N3O3. The lowest BCUT2D eigenvalue weighted by molar-refractivity contribution is 0.0707. The van der Waals surface area contributed by atoms with Gasteiger partial charge in [0.15, 0.2) is 11.5 Å². The van der Waals surface area contributed by atoms with Gasteiger partial charge in [-0.3, -0.25) is 4.79 Å². The van der Waals surface area contributed by atoms with Crippen molar-refractivity contribution in [2.24, 2.45) is 0 Å². The highest BCUT2D eigenvalue weighted by Gasteiger charge is 2.30. The van der Waals surface area contributed by atoms with Crippen LogP contribution in [0.15, 0.2) is 42.6 Å². The molecule has 1 aromatic heterocycles. The Morgan fingerprint density at radius 3 is 2.92 bits per heavy atom. The number of pyridine rings is 1. The standard InChI is InChI=1S/C20H23N3O3/c1-22(15-6-5-11-23(14-15)18-9-2-3-10-21-18)20(24)16-7-4-8-17-19(16)26-13-12-25-17/h2-4,7-10,15H,5-6,11-14H2,1H3. The van der Waals surface area contributed by atoms with Gasteiger partial charge in [-0.25, -0.2) is 4.98 Å². The summed E-state index contributed by atoms with van der Waals surface area (Å²) in [6.07, 6.45) is 3.82. The van der Waals surface area contributed by atoms with E-state index in [4.69, 9.17) is 9.47 Å². The Morgan fingerprint density at radius 2 is 2.08 bits per heavy atom. The number of likely N-dealkylation sites (N-methyl/N-ethyl adjacent to an activating group) is 1. The van der Waals surface area contributed by atoms with E-state index in [0.717, 1.165) is 31.7 Å². The lowest BCUT2D eigenvalue weighted by Crippen LogP contribution is -2.49. The van der Waals surface area contributed by atoms with E-state index in [2.05, 4.69) is 9.88 Å². The fraction of sp³-hybridized carbons (Fsp3) is 0.400. The molecule has 3 heterocycles. The van der Waals surface area contributed by atoms with Gasteiger partial charge in [0.25, 0.3) is 5.91 Å². The van der Waals surface area contributed by atoms with Crippen molar-refractivity contribution in [3.8, 4) is 11.5 Å². The third-order valence-corrected chi connectivity index (χ3v) is 5.03. The number of hydrogen-bond acceptors (Lipinski definition) is 5. The number of carbonyl (C=O) groups excluding carboxylic acids is 1. The first-order chi connectivity index (χ1) is 12.7. The molecule has 0 saturated carbocycles. The maximum atomic E-state index is 13.1. The number of ether oxygens (including phenoxy) is 2. The van der Waals surface area contributed by atoms with E-state index < -0.39 is 0 Å². The van der Waals surface area contributed by atoms with Crippen LogP contribution in [0, 0.1) is 0 Å². The van der Waals surface area contributed by atoms with Crippen molar-refractivity contribution in [2.45, 2.75) is 18.9 Å². The van der Waals surface area contributed by atoms with Gasteiger partial charge in [0.1, 0.15) is 19.0 Å². The number of aromatic nitrogens is 1. The number of benzene rings is 1. The molecule has 6 heteroatoms. The van der Waals surface area contributed by atoms with Gasteiger partial charge >= 0.3 is 0 Å². The van der Waals surface area contributed by atoms with Crippen molar-refractivity contribution in [3.05, 3.63) is 48.2 Å². The molecule has 0 radical (unpaired) electrons. The Labute approximate surface area is 153 Å². The Morgan fingerprint density at radius 1 is 1.19 bits per heavy atom. The number of carbonyl (C=O) groups is 1. The van der Waals surface area contributed by atoms with Gasteiger partial charge in [-0.1, -0.05) is 12.1 Å². The first-order valence-electron chi connectivity index (χ1n) is 9.06. The molecule has 6 nitrogen and oxygen atoms in total. The maximum absolute atomic E-state index is 13.1. The van der Waals surface area contributed by atoms with Crippen LogP contribution in [0.3, 0.4) is 0 Å². The van der Waals surface area contributed by atoms with Crippen LogP contribution in [0.5, 0.6) is 11.5 Å². The average molecular weight is 353 g/mol. The van der Waals surface area contributed by atoms with Gasteiger partial charge in [-0.05, 0) is 37.1 Å². The third kappa shape index (κ3) is 3.19. The molecular weight excluding hydrogens is 330 g/mol. The second kappa shape index (κ2) is 7.23. The van der Waals surface area contributed by atoms with Crippen LogP contribution in [0.2, 0.25) is 0 Å². The molecule has 0 spiro atoms. The summed E-state index contributed by atoms with van der Waals surface area (Å²) in [5.41, 5.74) is 0.569. The van der Waals surface area contributed by atoms with E-state index >= 15 is 0 Å². The summed E-state index contributed by atoms with van der Waals surface area (Å²) in [5, 5.41) is 0. The Hall–Kier alpha value is -2.76. The summed E-state index contributed by atoms with van der Waals surface area (Å²) in [6.45, 7) is 2.74. The molecule has 2 aromatic rings. The van der Waals surface area contributed by atoms with Crippen LogP contribution in [0.25, 0.3) is 0 Å². The summed E-state index contributed by atoms with van der Waals surface area (Å²) in [6, 6.07) is 11.6. The second-order valence-electron chi connectivity index (χ2n) is 6.68. The fourth-order valence-corrected chi connectivity index (χ4v) is 3.62. The number of piperidine rings is 1. The smallest absolute Gasteiger partial charge is 0.257 e. The Bertz CT molecular complexity index is 781. The number of nitrogens with zero attached hydrogens (tertiary/aromatic N) is 3. The van der Waals surface area contributed by atoms with Crippen LogP contribution in [0.4, 0.5) is 5.82 Å². The zero-order valence-corrected chi connectivity index (χ0v) is 14.9.